The van der Waals surface area contributed by atoms with Crippen molar-refractivity contribution in [2.24, 2.45) is 5.10 Å². The van der Waals surface area contributed by atoms with Crippen molar-refractivity contribution in [2.45, 2.75) is 12.1 Å². The first-order valence-electron chi connectivity index (χ1n) is 7.25. The Morgan fingerprint density at radius 2 is 1.88 bits per heavy atom. The third-order valence-electron chi connectivity index (χ3n) is 3.06. The van der Waals surface area contributed by atoms with Crippen molar-refractivity contribution < 1.29 is 4.79 Å². The third kappa shape index (κ3) is 4.52. The van der Waals surface area contributed by atoms with Gasteiger partial charge in [-0.25, -0.2) is 0 Å². The summed E-state index contributed by atoms with van der Waals surface area (Å²) in [5.41, 5.74) is 4.45. The highest BCUT2D eigenvalue weighted by atomic mass is 79.9. The number of halogens is 1. The number of benzene rings is 2. The van der Waals surface area contributed by atoms with Crippen molar-refractivity contribution in [2.75, 3.05) is 5.43 Å². The molecule has 0 saturated heterocycles. The van der Waals surface area contributed by atoms with E-state index in [4.69, 9.17) is 0 Å². The molecule has 0 aliphatic heterocycles. The molecule has 9 heteroatoms. The first kappa shape index (κ1) is 17.3. The topological polar surface area (TPSA) is 85.1 Å². The first-order chi connectivity index (χ1) is 12.1. The number of hydrogen-bond acceptors (Lipinski definition) is 7. The van der Waals surface area contributed by atoms with Crippen molar-refractivity contribution in [3.05, 3.63) is 59.1 Å². The second-order valence-electron chi connectivity index (χ2n) is 4.90. The van der Waals surface area contributed by atoms with Gasteiger partial charge in [0.25, 0.3) is 0 Å². The molecule has 2 aromatic carbocycles. The average Bonchev–Trinajstić information content (AvgIpc) is 3.08. The SMILES string of the molecule is CC(=O)/C(=N/Nc1ccc(Br)cc1)Sc1nnnn1-c1ccccc1. The fraction of sp³-hybridized carbons (Fsp3) is 0.0625. The number of nitrogens with one attached hydrogen (secondary N) is 1. The molecular weight excluding hydrogens is 404 g/mol. The van der Waals surface area contributed by atoms with Gasteiger partial charge < -0.3 is 0 Å². The molecule has 1 N–H and O–H groups in total. The molecule has 126 valence electrons. The van der Waals surface area contributed by atoms with Crippen LogP contribution in [0.5, 0.6) is 0 Å². The van der Waals surface area contributed by atoms with Gasteiger partial charge in [0.05, 0.1) is 11.4 Å². The van der Waals surface area contributed by atoms with E-state index in [1.54, 1.807) is 4.68 Å². The van der Waals surface area contributed by atoms with Crippen molar-refractivity contribution in [1.29, 1.82) is 0 Å². The van der Waals surface area contributed by atoms with Crippen LogP contribution >= 0.6 is 27.7 Å². The molecule has 0 unspecified atom stereocenters. The number of ketones is 1. The summed E-state index contributed by atoms with van der Waals surface area (Å²) in [4.78, 5) is 11.9. The summed E-state index contributed by atoms with van der Waals surface area (Å²) in [6.07, 6.45) is 0. The van der Waals surface area contributed by atoms with Crippen LogP contribution in [0.3, 0.4) is 0 Å². The van der Waals surface area contributed by atoms with E-state index in [1.807, 2.05) is 54.6 Å². The van der Waals surface area contributed by atoms with Crippen LogP contribution in [0.2, 0.25) is 0 Å². The van der Waals surface area contributed by atoms with E-state index in [0.717, 1.165) is 27.6 Å². The van der Waals surface area contributed by atoms with Gasteiger partial charge in [-0.05, 0) is 58.6 Å². The Hall–Kier alpha value is -2.52. The lowest BCUT2D eigenvalue weighted by atomic mass is 10.3. The van der Waals surface area contributed by atoms with Gasteiger partial charge in [0, 0.05) is 11.4 Å². The smallest absolute Gasteiger partial charge is 0.220 e. The number of hydrogen-bond donors (Lipinski definition) is 1. The van der Waals surface area contributed by atoms with Gasteiger partial charge in [-0.3, -0.25) is 10.2 Å². The summed E-state index contributed by atoms with van der Waals surface area (Å²) < 4.78 is 2.52. The molecule has 0 bridgehead atoms. The maximum Gasteiger partial charge on any atom is 0.220 e. The normalized spacial score (nSPS) is 11.4. The molecule has 0 atom stereocenters. The van der Waals surface area contributed by atoms with E-state index < -0.39 is 0 Å². The van der Waals surface area contributed by atoms with E-state index in [1.165, 1.54) is 6.92 Å². The molecule has 1 aromatic heterocycles. The number of para-hydroxylation sites is 1. The Morgan fingerprint density at radius 3 is 2.56 bits per heavy atom. The van der Waals surface area contributed by atoms with Crippen LogP contribution in [0.1, 0.15) is 6.92 Å². The molecule has 0 aliphatic carbocycles. The van der Waals surface area contributed by atoms with Crippen molar-refractivity contribution in [1.82, 2.24) is 20.2 Å². The molecule has 7 nitrogen and oxygen atoms in total. The van der Waals surface area contributed by atoms with Gasteiger partial charge in [-0.2, -0.15) is 9.78 Å². The number of thioether (sulfide) groups is 1. The number of rotatable bonds is 5. The average molecular weight is 417 g/mol. The third-order valence-corrected chi connectivity index (χ3v) is 4.60. The molecule has 0 spiro atoms. The van der Waals surface area contributed by atoms with Crippen LogP contribution in [0.25, 0.3) is 5.69 Å². The van der Waals surface area contributed by atoms with Gasteiger partial charge in [-0.1, -0.05) is 34.1 Å². The monoisotopic (exact) mass is 416 g/mol. The number of tetrazole rings is 1. The first-order valence-corrected chi connectivity index (χ1v) is 8.86. The maximum absolute atomic E-state index is 11.9. The molecule has 3 aromatic rings. The predicted molar refractivity (Wildman–Crippen MR) is 101 cm³/mol. The van der Waals surface area contributed by atoms with E-state index in [2.05, 4.69) is 42.0 Å². The van der Waals surface area contributed by atoms with Crippen molar-refractivity contribution in [3.63, 3.8) is 0 Å². The molecule has 0 radical (unpaired) electrons. The molecule has 0 saturated carbocycles. The summed E-state index contributed by atoms with van der Waals surface area (Å²) in [6, 6.07) is 16.9. The zero-order valence-corrected chi connectivity index (χ0v) is 15.5. The molecular formula is C16H13BrN6OS. The summed E-state index contributed by atoms with van der Waals surface area (Å²) in [6.45, 7) is 1.45. The largest absolute Gasteiger partial charge is 0.292 e. The highest BCUT2D eigenvalue weighted by Gasteiger charge is 2.16. The Morgan fingerprint density at radius 1 is 1.16 bits per heavy atom. The van der Waals surface area contributed by atoms with Crippen molar-refractivity contribution >= 4 is 44.2 Å². The van der Waals surface area contributed by atoms with Crippen LogP contribution in [-0.4, -0.2) is 31.0 Å². The Bertz CT molecular complexity index is 895. The van der Waals surface area contributed by atoms with Gasteiger partial charge >= 0.3 is 0 Å². The van der Waals surface area contributed by atoms with Crippen LogP contribution < -0.4 is 5.43 Å². The van der Waals surface area contributed by atoms with Gasteiger partial charge in [-0.15, -0.1) is 5.10 Å². The van der Waals surface area contributed by atoms with Gasteiger partial charge in [0.2, 0.25) is 5.16 Å². The fourth-order valence-corrected chi connectivity index (χ4v) is 2.85. The second-order valence-corrected chi connectivity index (χ2v) is 6.77. The molecule has 25 heavy (non-hydrogen) atoms. The lowest BCUT2D eigenvalue weighted by molar-refractivity contribution is -0.110. The molecule has 0 aliphatic rings. The zero-order valence-electron chi connectivity index (χ0n) is 13.1. The van der Waals surface area contributed by atoms with Crippen LogP contribution in [-0.2, 0) is 4.79 Å². The quantitative estimate of drug-likeness (QED) is 0.296. The fourth-order valence-electron chi connectivity index (χ4n) is 1.87. The lowest BCUT2D eigenvalue weighted by Crippen LogP contribution is -2.10. The van der Waals surface area contributed by atoms with Gasteiger partial charge in [0.1, 0.15) is 0 Å². The minimum atomic E-state index is -0.183. The van der Waals surface area contributed by atoms with Crippen LogP contribution in [0, 0.1) is 0 Å². The summed E-state index contributed by atoms with van der Waals surface area (Å²) in [7, 11) is 0. The lowest BCUT2D eigenvalue weighted by Gasteiger charge is -2.06. The number of aromatic nitrogens is 4. The number of anilines is 1. The number of carbonyl (C=O) groups is 1. The van der Waals surface area contributed by atoms with E-state index in [0.29, 0.717) is 5.16 Å². The molecule has 0 amide bonds. The molecule has 1 heterocycles. The van der Waals surface area contributed by atoms with E-state index >= 15 is 0 Å². The van der Waals surface area contributed by atoms with E-state index in [-0.39, 0.29) is 10.8 Å². The van der Waals surface area contributed by atoms with Crippen molar-refractivity contribution in [3.8, 4) is 5.69 Å². The Labute approximate surface area is 156 Å². The highest BCUT2D eigenvalue weighted by molar-refractivity contribution is 9.10. The number of carbonyl (C=O) groups excluding carboxylic acids is 1. The molecule has 3 rings (SSSR count). The predicted octanol–water partition coefficient (Wildman–Crippen LogP) is 3.53. The summed E-state index contributed by atoms with van der Waals surface area (Å²) in [5, 5.41) is 16.5. The van der Waals surface area contributed by atoms with Gasteiger partial charge in [0.15, 0.2) is 10.8 Å². The van der Waals surface area contributed by atoms with Crippen LogP contribution in [0.15, 0.2) is 69.3 Å². The number of Topliss-reactive ketones (excluding diaryl/α,β-unsaturated/α-hetero) is 1. The highest BCUT2D eigenvalue weighted by Crippen LogP contribution is 2.21. The molecule has 0 fully saturated rings. The zero-order chi connectivity index (χ0) is 17.6. The Balaban J connectivity index is 1.81. The standard InChI is InChI=1S/C16H13BrN6OS/c1-11(24)15(19-18-13-9-7-12(17)8-10-13)25-16-20-21-22-23(16)14-5-3-2-4-6-14/h2-10,18H,1H3/b19-15-. The minimum absolute atomic E-state index is 0.183. The second kappa shape index (κ2) is 8.04. The number of hydrazone groups is 1. The summed E-state index contributed by atoms with van der Waals surface area (Å²) >= 11 is 4.47. The Kier molecular flexibility index (Phi) is 5.56. The number of nitrogens with zero attached hydrogens (tertiary/aromatic N) is 5. The minimum Gasteiger partial charge on any atom is -0.292 e. The van der Waals surface area contributed by atoms with Crippen LogP contribution in [0.4, 0.5) is 5.69 Å². The van der Waals surface area contributed by atoms with E-state index in [9.17, 15) is 4.79 Å². The summed E-state index contributed by atoms with van der Waals surface area (Å²) in [5.74, 6) is -0.183. The maximum atomic E-state index is 11.9.